The van der Waals surface area contributed by atoms with E-state index in [-0.39, 0.29) is 17.4 Å². The molecule has 0 saturated heterocycles. The maximum atomic E-state index is 11.7. The van der Waals surface area contributed by atoms with Gasteiger partial charge in [-0.3, -0.25) is 4.79 Å². The number of para-hydroxylation sites is 2. The number of hydrogen-bond acceptors (Lipinski definition) is 5. The van der Waals surface area contributed by atoms with E-state index >= 15 is 0 Å². The van der Waals surface area contributed by atoms with Gasteiger partial charge in [0.2, 0.25) is 0 Å². The summed E-state index contributed by atoms with van der Waals surface area (Å²) in [5.41, 5.74) is 5.06. The number of aromatic hydroxyl groups is 1. The van der Waals surface area contributed by atoms with Crippen LogP contribution in [0.4, 0.5) is 0 Å². The number of phenols is 1. The van der Waals surface area contributed by atoms with E-state index in [4.69, 9.17) is 0 Å². The van der Waals surface area contributed by atoms with Crippen molar-refractivity contribution in [2.24, 2.45) is 5.10 Å². The molecule has 0 aliphatic rings. The number of thioether (sulfide) groups is 1. The lowest BCUT2D eigenvalue weighted by Gasteiger charge is -1.98. The molecule has 2 aromatic carbocycles. The van der Waals surface area contributed by atoms with Crippen LogP contribution in [0.1, 0.15) is 5.56 Å². The number of hydrogen-bond donors (Lipinski definition) is 3. The van der Waals surface area contributed by atoms with Crippen molar-refractivity contribution in [3.63, 3.8) is 0 Å². The van der Waals surface area contributed by atoms with E-state index in [2.05, 4.69) is 20.5 Å². The average Bonchev–Trinajstić information content (AvgIpc) is 2.98. The van der Waals surface area contributed by atoms with Crippen LogP contribution in [0.5, 0.6) is 5.75 Å². The zero-order valence-electron chi connectivity index (χ0n) is 12.1. The van der Waals surface area contributed by atoms with Crippen LogP contribution in [0.15, 0.2) is 58.8 Å². The summed E-state index contributed by atoms with van der Waals surface area (Å²) in [4.78, 5) is 19.3. The second-order valence-corrected chi connectivity index (χ2v) is 5.70. The van der Waals surface area contributed by atoms with Gasteiger partial charge in [-0.15, -0.1) is 0 Å². The topological polar surface area (TPSA) is 90.4 Å². The molecule has 0 aliphatic heterocycles. The summed E-state index contributed by atoms with van der Waals surface area (Å²) in [5, 5.41) is 13.7. The number of nitrogens with zero attached hydrogens (tertiary/aromatic N) is 2. The number of phenolic OH excluding ortho intramolecular Hbond substituents is 1. The number of carbonyl (C=O) groups is 1. The fourth-order valence-electron chi connectivity index (χ4n) is 1.90. The van der Waals surface area contributed by atoms with Crippen LogP contribution < -0.4 is 5.43 Å². The highest BCUT2D eigenvalue weighted by molar-refractivity contribution is 7.99. The molecule has 23 heavy (non-hydrogen) atoms. The molecule has 0 unspecified atom stereocenters. The Morgan fingerprint density at radius 1 is 1.26 bits per heavy atom. The number of carbonyl (C=O) groups excluding carboxylic acids is 1. The van der Waals surface area contributed by atoms with Crippen LogP contribution in [0.2, 0.25) is 0 Å². The Morgan fingerprint density at radius 2 is 2.04 bits per heavy atom. The van der Waals surface area contributed by atoms with Crippen LogP contribution in [0, 0.1) is 0 Å². The van der Waals surface area contributed by atoms with Crippen LogP contribution >= 0.6 is 11.8 Å². The molecule has 6 nitrogen and oxygen atoms in total. The molecule has 3 aromatic rings. The summed E-state index contributed by atoms with van der Waals surface area (Å²) in [5.74, 6) is 0.186. The third kappa shape index (κ3) is 4.10. The zero-order chi connectivity index (χ0) is 16.1. The number of imidazole rings is 1. The van der Waals surface area contributed by atoms with E-state index in [0.717, 1.165) is 16.6 Å². The van der Waals surface area contributed by atoms with Crippen molar-refractivity contribution in [2.75, 3.05) is 5.75 Å². The molecule has 1 amide bonds. The molecule has 0 atom stereocenters. The molecule has 0 saturated carbocycles. The summed E-state index contributed by atoms with van der Waals surface area (Å²) in [6.45, 7) is 0. The second kappa shape index (κ2) is 6.97. The van der Waals surface area contributed by atoms with Gasteiger partial charge in [0.05, 0.1) is 23.0 Å². The van der Waals surface area contributed by atoms with E-state index in [1.165, 1.54) is 18.0 Å². The van der Waals surface area contributed by atoms with Gasteiger partial charge in [-0.1, -0.05) is 23.9 Å². The third-order valence-electron chi connectivity index (χ3n) is 3.00. The van der Waals surface area contributed by atoms with Gasteiger partial charge in [0.15, 0.2) is 5.16 Å². The van der Waals surface area contributed by atoms with Gasteiger partial charge >= 0.3 is 0 Å². The van der Waals surface area contributed by atoms with Crippen LogP contribution in [-0.2, 0) is 4.79 Å². The largest absolute Gasteiger partial charge is 0.508 e. The zero-order valence-corrected chi connectivity index (χ0v) is 12.9. The van der Waals surface area contributed by atoms with Crippen molar-refractivity contribution in [3.8, 4) is 5.75 Å². The summed E-state index contributed by atoms with van der Waals surface area (Å²) in [7, 11) is 0. The lowest BCUT2D eigenvalue weighted by Crippen LogP contribution is -2.19. The maximum Gasteiger partial charge on any atom is 0.250 e. The monoisotopic (exact) mass is 326 g/mol. The number of H-pyrrole nitrogens is 1. The number of fused-ring (bicyclic) bond motifs is 1. The Labute approximate surface area is 136 Å². The van der Waals surface area contributed by atoms with Crippen molar-refractivity contribution in [2.45, 2.75) is 5.16 Å². The Balaban J connectivity index is 1.50. The smallest absolute Gasteiger partial charge is 0.250 e. The Hall–Kier alpha value is -2.80. The van der Waals surface area contributed by atoms with Gasteiger partial charge in [-0.25, -0.2) is 10.4 Å². The van der Waals surface area contributed by atoms with Crippen molar-refractivity contribution in [3.05, 3.63) is 54.1 Å². The molecular weight excluding hydrogens is 312 g/mol. The molecule has 1 aromatic heterocycles. The highest BCUT2D eigenvalue weighted by Gasteiger charge is 2.06. The van der Waals surface area contributed by atoms with E-state index < -0.39 is 0 Å². The van der Waals surface area contributed by atoms with Crippen molar-refractivity contribution in [1.82, 2.24) is 15.4 Å². The number of nitrogens with one attached hydrogen (secondary N) is 2. The number of rotatable bonds is 5. The normalized spacial score (nSPS) is 11.1. The maximum absolute atomic E-state index is 11.7. The van der Waals surface area contributed by atoms with Gasteiger partial charge < -0.3 is 10.1 Å². The Morgan fingerprint density at radius 3 is 2.83 bits per heavy atom. The third-order valence-corrected chi connectivity index (χ3v) is 3.88. The predicted molar refractivity (Wildman–Crippen MR) is 90.7 cm³/mol. The van der Waals surface area contributed by atoms with Gasteiger partial charge in [0, 0.05) is 0 Å². The minimum atomic E-state index is -0.217. The molecule has 0 bridgehead atoms. The molecule has 0 aliphatic carbocycles. The summed E-state index contributed by atoms with van der Waals surface area (Å²) in [6, 6.07) is 14.2. The minimum absolute atomic E-state index is 0.188. The Kier molecular flexibility index (Phi) is 4.58. The summed E-state index contributed by atoms with van der Waals surface area (Å²) < 4.78 is 0. The van der Waals surface area contributed by atoms with Gasteiger partial charge in [-0.2, -0.15) is 5.10 Å². The van der Waals surface area contributed by atoms with E-state index in [1.807, 2.05) is 24.3 Å². The second-order valence-electron chi connectivity index (χ2n) is 4.73. The van der Waals surface area contributed by atoms with Crippen molar-refractivity contribution in [1.29, 1.82) is 0 Å². The average molecular weight is 326 g/mol. The quantitative estimate of drug-likeness (QED) is 0.382. The molecule has 0 radical (unpaired) electrons. The molecule has 0 fully saturated rings. The van der Waals surface area contributed by atoms with Crippen LogP contribution in [0.25, 0.3) is 11.0 Å². The van der Waals surface area contributed by atoms with Gasteiger partial charge in [0.25, 0.3) is 5.91 Å². The number of aromatic nitrogens is 2. The fourth-order valence-corrected chi connectivity index (χ4v) is 2.58. The first-order chi connectivity index (χ1) is 11.2. The van der Waals surface area contributed by atoms with E-state index in [1.54, 1.807) is 24.3 Å². The molecule has 7 heteroatoms. The van der Waals surface area contributed by atoms with Crippen LogP contribution in [-0.4, -0.2) is 32.9 Å². The molecular formula is C16H14N4O2S. The minimum Gasteiger partial charge on any atom is -0.508 e. The fraction of sp³-hybridized carbons (Fsp3) is 0.0625. The lowest BCUT2D eigenvalue weighted by atomic mass is 10.2. The standard InChI is InChI=1S/C16H14N4O2S/c21-12-7-5-11(6-8-12)9-17-20-15(22)10-23-16-18-13-3-1-2-4-14(13)19-16/h1-9,21H,10H2,(H,18,19)(H,20,22)/b17-9+. The van der Waals surface area contributed by atoms with Crippen molar-refractivity contribution < 1.29 is 9.90 Å². The SMILES string of the molecule is O=C(CSc1nc2ccccc2[nH]1)N/N=C/c1ccc(O)cc1. The van der Waals surface area contributed by atoms with Crippen molar-refractivity contribution >= 4 is 34.9 Å². The first-order valence-corrected chi connectivity index (χ1v) is 7.88. The molecule has 0 spiro atoms. The van der Waals surface area contributed by atoms with E-state index in [0.29, 0.717) is 5.16 Å². The summed E-state index contributed by atoms with van der Waals surface area (Å²) in [6.07, 6.45) is 1.52. The molecule has 3 N–H and O–H groups in total. The Bertz CT molecular complexity index is 810. The first kappa shape index (κ1) is 15.1. The summed E-state index contributed by atoms with van der Waals surface area (Å²) >= 11 is 1.32. The number of aromatic amines is 1. The van der Waals surface area contributed by atoms with Crippen LogP contribution in [0.3, 0.4) is 0 Å². The van der Waals surface area contributed by atoms with Gasteiger partial charge in [-0.05, 0) is 42.0 Å². The van der Waals surface area contributed by atoms with Gasteiger partial charge in [0.1, 0.15) is 5.75 Å². The molecule has 3 rings (SSSR count). The highest BCUT2D eigenvalue weighted by atomic mass is 32.2. The number of benzene rings is 2. The molecule has 1 heterocycles. The number of amides is 1. The number of hydrazone groups is 1. The molecule has 116 valence electrons. The van der Waals surface area contributed by atoms with E-state index in [9.17, 15) is 9.90 Å². The lowest BCUT2D eigenvalue weighted by molar-refractivity contribution is -0.118. The highest BCUT2D eigenvalue weighted by Crippen LogP contribution is 2.18. The first-order valence-electron chi connectivity index (χ1n) is 6.89. The predicted octanol–water partition coefficient (Wildman–Crippen LogP) is 2.51.